The Morgan fingerprint density at radius 3 is 2.44 bits per heavy atom. The van der Waals surface area contributed by atoms with Gasteiger partial charge in [0, 0.05) is 35.4 Å². The second-order valence-corrected chi connectivity index (χ2v) is 9.67. The molecule has 2 heterocycles. The molecule has 34 heavy (non-hydrogen) atoms. The fourth-order valence-electron chi connectivity index (χ4n) is 3.20. The van der Waals surface area contributed by atoms with Gasteiger partial charge >= 0.3 is 0 Å². The minimum Gasteiger partial charge on any atom is -0.322 e. The molecule has 2 amide bonds. The standard InChI is InChI=1S/C24H24N6O2S2/c1-4-19(22(32)27-23-25-13-14-33-23)34-24-29-28-20(30(24)3)16-9-11-18(12-10-16)26-21(31)17-7-5-15(2)6-8-17/h5-14,19H,4H2,1-3H3,(H,26,31)(H,25,27,32)/t19-/m0/s1. The molecule has 0 aliphatic heterocycles. The molecule has 0 unspecified atom stereocenters. The van der Waals surface area contributed by atoms with Crippen molar-refractivity contribution in [3.63, 3.8) is 0 Å². The van der Waals surface area contributed by atoms with Gasteiger partial charge in [0.2, 0.25) is 5.91 Å². The first-order valence-electron chi connectivity index (χ1n) is 10.7. The molecular formula is C24H24N6O2S2. The lowest BCUT2D eigenvalue weighted by molar-refractivity contribution is -0.115. The number of nitrogens with zero attached hydrogens (tertiary/aromatic N) is 4. The molecule has 0 saturated heterocycles. The number of aromatic nitrogens is 4. The van der Waals surface area contributed by atoms with Crippen molar-refractivity contribution in [3.05, 3.63) is 71.2 Å². The predicted molar refractivity (Wildman–Crippen MR) is 136 cm³/mol. The van der Waals surface area contributed by atoms with Crippen molar-refractivity contribution in [3.8, 4) is 11.4 Å². The Morgan fingerprint density at radius 2 is 1.79 bits per heavy atom. The first-order valence-corrected chi connectivity index (χ1v) is 12.5. The van der Waals surface area contributed by atoms with Gasteiger partial charge in [0.25, 0.3) is 5.91 Å². The molecule has 174 valence electrons. The number of anilines is 2. The fourth-order valence-corrected chi connectivity index (χ4v) is 4.65. The Balaban J connectivity index is 1.43. The van der Waals surface area contributed by atoms with Crippen LogP contribution < -0.4 is 10.6 Å². The van der Waals surface area contributed by atoms with E-state index >= 15 is 0 Å². The maximum absolute atomic E-state index is 12.6. The summed E-state index contributed by atoms with van der Waals surface area (Å²) in [6, 6.07) is 14.9. The highest BCUT2D eigenvalue weighted by atomic mass is 32.2. The van der Waals surface area contributed by atoms with Gasteiger partial charge in [0.1, 0.15) is 0 Å². The first kappa shape index (κ1) is 23.7. The molecule has 4 aromatic rings. The third-order valence-electron chi connectivity index (χ3n) is 5.12. The van der Waals surface area contributed by atoms with Crippen LogP contribution in [0.5, 0.6) is 0 Å². The molecule has 0 saturated carbocycles. The molecular weight excluding hydrogens is 468 g/mol. The fraction of sp³-hybridized carbons (Fsp3) is 0.208. The monoisotopic (exact) mass is 492 g/mol. The summed E-state index contributed by atoms with van der Waals surface area (Å²) in [7, 11) is 1.87. The highest BCUT2D eigenvalue weighted by molar-refractivity contribution is 8.00. The van der Waals surface area contributed by atoms with E-state index in [4.69, 9.17) is 0 Å². The van der Waals surface area contributed by atoms with Crippen molar-refractivity contribution in [2.75, 3.05) is 10.6 Å². The van der Waals surface area contributed by atoms with Gasteiger partial charge < -0.3 is 15.2 Å². The Bertz CT molecular complexity index is 1270. The average molecular weight is 493 g/mol. The quantitative estimate of drug-likeness (QED) is 0.335. The zero-order valence-corrected chi connectivity index (χ0v) is 20.6. The van der Waals surface area contributed by atoms with Crippen molar-refractivity contribution < 1.29 is 9.59 Å². The highest BCUT2D eigenvalue weighted by Gasteiger charge is 2.22. The lowest BCUT2D eigenvalue weighted by Crippen LogP contribution is -2.24. The van der Waals surface area contributed by atoms with Crippen molar-refractivity contribution in [2.24, 2.45) is 7.05 Å². The Labute approximate surface area is 205 Å². The van der Waals surface area contributed by atoms with Crippen LogP contribution in [0.15, 0.2) is 65.3 Å². The molecule has 10 heteroatoms. The highest BCUT2D eigenvalue weighted by Crippen LogP contribution is 2.28. The van der Waals surface area contributed by atoms with E-state index in [0.717, 1.165) is 11.1 Å². The van der Waals surface area contributed by atoms with E-state index in [2.05, 4.69) is 25.8 Å². The molecule has 2 N–H and O–H groups in total. The average Bonchev–Trinajstić information content (AvgIpc) is 3.48. The van der Waals surface area contributed by atoms with Gasteiger partial charge in [0.15, 0.2) is 16.1 Å². The van der Waals surface area contributed by atoms with Gasteiger partial charge in [-0.3, -0.25) is 9.59 Å². The van der Waals surface area contributed by atoms with Crippen molar-refractivity contribution >= 4 is 45.7 Å². The van der Waals surface area contributed by atoms with E-state index in [1.165, 1.54) is 23.1 Å². The molecule has 0 aliphatic carbocycles. The van der Waals surface area contributed by atoms with Gasteiger partial charge in [0.05, 0.1) is 5.25 Å². The summed E-state index contributed by atoms with van der Waals surface area (Å²) in [6.07, 6.45) is 2.29. The maximum atomic E-state index is 12.6. The summed E-state index contributed by atoms with van der Waals surface area (Å²) < 4.78 is 1.86. The number of carbonyl (C=O) groups is 2. The largest absolute Gasteiger partial charge is 0.322 e. The third kappa shape index (κ3) is 5.52. The van der Waals surface area contributed by atoms with Crippen molar-refractivity contribution in [1.82, 2.24) is 19.7 Å². The molecule has 0 fully saturated rings. The molecule has 2 aromatic heterocycles. The zero-order chi connectivity index (χ0) is 24.1. The summed E-state index contributed by atoms with van der Waals surface area (Å²) in [4.78, 5) is 29.2. The molecule has 4 rings (SSSR count). The summed E-state index contributed by atoms with van der Waals surface area (Å²) in [5, 5.41) is 17.1. The van der Waals surface area contributed by atoms with Gasteiger partial charge in [-0.15, -0.1) is 21.5 Å². The molecule has 2 aromatic carbocycles. The van der Waals surface area contributed by atoms with Crippen LogP contribution in [0, 0.1) is 6.92 Å². The molecule has 0 radical (unpaired) electrons. The Kier molecular flexibility index (Phi) is 7.39. The van der Waals surface area contributed by atoms with Crippen LogP contribution in [0.4, 0.5) is 10.8 Å². The van der Waals surface area contributed by atoms with Crippen LogP contribution in [0.25, 0.3) is 11.4 Å². The number of hydrogen-bond acceptors (Lipinski definition) is 7. The second kappa shape index (κ2) is 10.6. The number of amides is 2. The summed E-state index contributed by atoms with van der Waals surface area (Å²) >= 11 is 2.75. The molecule has 8 nitrogen and oxygen atoms in total. The van der Waals surface area contributed by atoms with Gasteiger partial charge in [-0.25, -0.2) is 4.98 Å². The van der Waals surface area contributed by atoms with E-state index in [0.29, 0.717) is 33.8 Å². The molecule has 1 atom stereocenters. The van der Waals surface area contributed by atoms with E-state index in [9.17, 15) is 9.59 Å². The SMILES string of the molecule is CC[C@H](Sc1nnc(-c2ccc(NC(=O)c3ccc(C)cc3)cc2)n1C)C(=O)Nc1nccs1. The van der Waals surface area contributed by atoms with Crippen LogP contribution >= 0.6 is 23.1 Å². The number of rotatable bonds is 8. The van der Waals surface area contributed by atoms with E-state index in [1.807, 2.05) is 67.2 Å². The number of nitrogens with one attached hydrogen (secondary N) is 2. The lowest BCUT2D eigenvalue weighted by atomic mass is 10.1. The molecule has 0 spiro atoms. The maximum Gasteiger partial charge on any atom is 0.255 e. The van der Waals surface area contributed by atoms with Crippen LogP contribution in [0.1, 0.15) is 29.3 Å². The minimum absolute atomic E-state index is 0.110. The van der Waals surface area contributed by atoms with E-state index < -0.39 is 0 Å². The van der Waals surface area contributed by atoms with Crippen molar-refractivity contribution in [2.45, 2.75) is 30.7 Å². The smallest absolute Gasteiger partial charge is 0.255 e. The number of aryl methyl sites for hydroxylation is 1. The number of hydrogen-bond donors (Lipinski definition) is 2. The number of benzene rings is 2. The summed E-state index contributed by atoms with van der Waals surface area (Å²) in [5.41, 5.74) is 3.26. The third-order valence-corrected chi connectivity index (χ3v) is 7.21. The summed E-state index contributed by atoms with van der Waals surface area (Å²) in [5.74, 6) is 0.404. The lowest BCUT2D eigenvalue weighted by Gasteiger charge is -2.13. The first-order chi connectivity index (χ1) is 16.4. The van der Waals surface area contributed by atoms with Crippen LogP contribution in [0.2, 0.25) is 0 Å². The second-order valence-electron chi connectivity index (χ2n) is 7.60. The van der Waals surface area contributed by atoms with Gasteiger partial charge in [-0.05, 0) is 49.7 Å². The minimum atomic E-state index is -0.320. The van der Waals surface area contributed by atoms with Crippen molar-refractivity contribution in [1.29, 1.82) is 0 Å². The Morgan fingerprint density at radius 1 is 1.06 bits per heavy atom. The molecule has 0 aliphatic rings. The Hall–Kier alpha value is -3.50. The van der Waals surface area contributed by atoms with E-state index in [1.54, 1.807) is 18.3 Å². The van der Waals surface area contributed by atoms with Gasteiger partial charge in [-0.2, -0.15) is 0 Å². The predicted octanol–water partition coefficient (Wildman–Crippen LogP) is 5.01. The number of carbonyl (C=O) groups excluding carboxylic acids is 2. The van der Waals surface area contributed by atoms with E-state index in [-0.39, 0.29) is 17.1 Å². The van der Waals surface area contributed by atoms with Crippen LogP contribution in [-0.2, 0) is 11.8 Å². The topological polar surface area (TPSA) is 102 Å². The normalized spacial score (nSPS) is 11.7. The van der Waals surface area contributed by atoms with Crippen LogP contribution in [-0.4, -0.2) is 36.8 Å². The van der Waals surface area contributed by atoms with Crippen LogP contribution in [0.3, 0.4) is 0 Å². The zero-order valence-electron chi connectivity index (χ0n) is 19.0. The summed E-state index contributed by atoms with van der Waals surface area (Å²) in [6.45, 7) is 3.94. The number of thiazole rings is 1. The molecule has 0 bridgehead atoms. The van der Waals surface area contributed by atoms with Gasteiger partial charge in [-0.1, -0.05) is 36.4 Å². The number of thioether (sulfide) groups is 1.